The molecular formula is C25H40BrFN2O5S2Si. The number of carbonyl (C=O) groups is 1. The van der Waals surface area contributed by atoms with Gasteiger partial charge in [0.15, 0.2) is 15.0 Å². The predicted molar refractivity (Wildman–Crippen MR) is 156 cm³/mol. The average Bonchev–Trinajstić information content (AvgIpc) is 2.70. The van der Waals surface area contributed by atoms with Crippen LogP contribution in [0.15, 0.2) is 27.7 Å². The van der Waals surface area contributed by atoms with E-state index in [2.05, 4.69) is 35.6 Å². The van der Waals surface area contributed by atoms with Gasteiger partial charge in [0.2, 0.25) is 0 Å². The van der Waals surface area contributed by atoms with E-state index in [9.17, 15) is 13.2 Å². The molecule has 1 aromatic rings. The molecule has 12 heteroatoms. The Morgan fingerprint density at radius 3 is 2.38 bits per heavy atom. The van der Waals surface area contributed by atoms with Crippen LogP contribution in [0.25, 0.3) is 0 Å². The van der Waals surface area contributed by atoms with Crippen LogP contribution in [-0.2, 0) is 24.8 Å². The van der Waals surface area contributed by atoms with Crippen molar-refractivity contribution in [3.8, 4) is 0 Å². The normalized spacial score (nSPS) is 25.0. The van der Waals surface area contributed by atoms with Crippen LogP contribution < -0.4 is 0 Å². The number of amides is 1. The monoisotopic (exact) mass is 638 g/mol. The Bertz CT molecular complexity index is 1150. The van der Waals surface area contributed by atoms with Crippen LogP contribution in [0, 0.1) is 11.7 Å². The molecule has 1 heterocycles. The minimum atomic E-state index is -3.71. The molecule has 0 saturated heterocycles. The van der Waals surface area contributed by atoms with Gasteiger partial charge in [-0.1, -0.05) is 54.3 Å². The third kappa shape index (κ3) is 7.80. The van der Waals surface area contributed by atoms with Crippen molar-refractivity contribution in [2.75, 3.05) is 19.6 Å². The molecule has 210 valence electrons. The Morgan fingerprint density at radius 2 is 1.86 bits per heavy atom. The Morgan fingerprint density at radius 1 is 1.27 bits per heavy atom. The fourth-order valence-electron chi connectivity index (χ4n) is 3.83. The van der Waals surface area contributed by atoms with Gasteiger partial charge in [-0.3, -0.25) is 4.99 Å². The third-order valence-electron chi connectivity index (χ3n) is 6.52. The van der Waals surface area contributed by atoms with Gasteiger partial charge < -0.3 is 9.47 Å². The van der Waals surface area contributed by atoms with Gasteiger partial charge in [-0.25, -0.2) is 22.5 Å². The van der Waals surface area contributed by atoms with E-state index in [1.165, 1.54) is 11.0 Å². The van der Waals surface area contributed by atoms with E-state index in [1.807, 2.05) is 0 Å². The Hall–Kier alpha value is -0.953. The van der Waals surface area contributed by atoms with E-state index in [0.29, 0.717) is 11.1 Å². The van der Waals surface area contributed by atoms with Crippen molar-refractivity contribution in [3.05, 3.63) is 34.1 Å². The number of hydrogen-bond acceptors (Lipinski definition) is 7. The van der Waals surface area contributed by atoms with Crippen LogP contribution in [-0.4, -0.2) is 61.9 Å². The summed E-state index contributed by atoms with van der Waals surface area (Å²) in [5.74, 6) is -1.17. The first-order valence-corrected chi connectivity index (χ1v) is 19.3. The molecule has 3 atom stereocenters. The fraction of sp³-hybridized carbons (Fsp3) is 0.680. The maximum Gasteiger partial charge on any atom is 0.418 e. The number of aliphatic imine (C=N–C) groups is 1. The number of ether oxygens (including phenoxy) is 2. The zero-order valence-electron chi connectivity index (χ0n) is 23.4. The summed E-state index contributed by atoms with van der Waals surface area (Å²) in [6, 6.07) is 5.38. The minimum absolute atomic E-state index is 0.107. The van der Waals surface area contributed by atoms with Crippen LogP contribution in [0.1, 0.15) is 47.1 Å². The number of rotatable bonds is 7. The Labute approximate surface area is 235 Å². The van der Waals surface area contributed by atoms with Gasteiger partial charge in [-0.05, 0) is 58.9 Å². The second-order valence-electron chi connectivity index (χ2n) is 12.0. The maximum absolute atomic E-state index is 15.2. The number of halogens is 2. The summed E-state index contributed by atoms with van der Waals surface area (Å²) in [4.78, 5) is 19.5. The van der Waals surface area contributed by atoms with Gasteiger partial charge in [-0.2, -0.15) is 0 Å². The second-order valence-corrected chi connectivity index (χ2v) is 22.6. The molecule has 0 bridgehead atoms. The quantitative estimate of drug-likeness (QED) is 0.184. The van der Waals surface area contributed by atoms with Crippen LogP contribution in [0.5, 0.6) is 0 Å². The lowest BCUT2D eigenvalue weighted by molar-refractivity contribution is 0.0109. The zero-order valence-corrected chi connectivity index (χ0v) is 27.7. The lowest BCUT2D eigenvalue weighted by Crippen LogP contribution is -2.54. The van der Waals surface area contributed by atoms with Gasteiger partial charge in [0.25, 0.3) is 0 Å². The summed E-state index contributed by atoms with van der Waals surface area (Å²) in [6.45, 7) is 17.2. The van der Waals surface area contributed by atoms with E-state index in [0.717, 1.165) is 24.1 Å². The smallest absolute Gasteiger partial charge is 0.418 e. The summed E-state index contributed by atoms with van der Waals surface area (Å²) in [5, 5.41) is 0.107. The van der Waals surface area contributed by atoms with E-state index >= 15 is 4.39 Å². The Balaban J connectivity index is 2.69. The number of carbonyl (C=O) groups excluding carboxylic acids is 1. The molecule has 0 saturated carbocycles. The predicted octanol–water partition coefficient (Wildman–Crippen LogP) is 6.85. The van der Waals surface area contributed by atoms with Gasteiger partial charge in [-0.15, -0.1) is 0 Å². The molecule has 2 rings (SSSR count). The molecule has 1 aliphatic rings. The van der Waals surface area contributed by atoms with E-state index < -0.39 is 51.0 Å². The molecule has 0 radical (unpaired) electrons. The van der Waals surface area contributed by atoms with Gasteiger partial charge in [0.05, 0.1) is 5.54 Å². The van der Waals surface area contributed by atoms with Crippen molar-refractivity contribution >= 4 is 56.9 Å². The average molecular weight is 640 g/mol. The molecular weight excluding hydrogens is 599 g/mol. The lowest BCUT2D eigenvalue weighted by Gasteiger charge is -2.48. The van der Waals surface area contributed by atoms with Crippen LogP contribution in [0.2, 0.25) is 25.7 Å². The first-order valence-electron chi connectivity index (χ1n) is 12.1. The topological polar surface area (TPSA) is 85.3 Å². The van der Waals surface area contributed by atoms with Crippen molar-refractivity contribution in [1.29, 1.82) is 0 Å². The number of sulfone groups is 1. The largest absolute Gasteiger partial charge is 0.443 e. The zero-order chi connectivity index (χ0) is 28.6. The van der Waals surface area contributed by atoms with Crippen LogP contribution >= 0.6 is 27.7 Å². The number of thioether (sulfide) groups is 1. The summed E-state index contributed by atoms with van der Waals surface area (Å²) in [7, 11) is -5.11. The molecule has 0 unspecified atom stereocenters. The highest BCUT2D eigenvalue weighted by atomic mass is 79.9. The van der Waals surface area contributed by atoms with Gasteiger partial charge in [0, 0.05) is 36.9 Å². The summed E-state index contributed by atoms with van der Waals surface area (Å²) in [6.07, 6.45) is 0.439. The number of nitrogens with zero attached hydrogens (tertiary/aromatic N) is 2. The molecule has 37 heavy (non-hydrogen) atoms. The highest BCUT2D eigenvalue weighted by molar-refractivity contribution is 9.10. The molecule has 7 nitrogen and oxygen atoms in total. The summed E-state index contributed by atoms with van der Waals surface area (Å²) in [5.41, 5.74) is -1.89. The van der Waals surface area contributed by atoms with Gasteiger partial charge >= 0.3 is 6.09 Å². The molecule has 0 aromatic heterocycles. The highest BCUT2D eigenvalue weighted by Crippen LogP contribution is 2.53. The number of amidine groups is 1. The first-order chi connectivity index (χ1) is 16.6. The maximum atomic E-state index is 15.2. The lowest BCUT2D eigenvalue weighted by atomic mass is 9.78. The van der Waals surface area contributed by atoms with Crippen molar-refractivity contribution in [1.82, 2.24) is 4.90 Å². The van der Waals surface area contributed by atoms with Crippen LogP contribution in [0.4, 0.5) is 9.18 Å². The fourth-order valence-corrected chi connectivity index (χ4v) is 7.89. The van der Waals surface area contributed by atoms with E-state index in [-0.39, 0.29) is 17.5 Å². The van der Waals surface area contributed by atoms with Gasteiger partial charge in [0.1, 0.15) is 22.2 Å². The van der Waals surface area contributed by atoms with Crippen LogP contribution in [0.3, 0.4) is 0 Å². The van der Waals surface area contributed by atoms with Crippen molar-refractivity contribution in [3.63, 3.8) is 0 Å². The summed E-state index contributed by atoms with van der Waals surface area (Å²) < 4.78 is 52.3. The summed E-state index contributed by atoms with van der Waals surface area (Å²) >= 11 is 4.36. The minimum Gasteiger partial charge on any atom is -0.443 e. The highest BCUT2D eigenvalue weighted by Gasteiger charge is 2.56. The molecule has 1 aromatic carbocycles. The molecule has 0 fully saturated rings. The molecule has 0 aliphatic carbocycles. The number of hydrogen-bond donors (Lipinski definition) is 0. The van der Waals surface area contributed by atoms with E-state index in [1.54, 1.807) is 53.7 Å². The first kappa shape index (κ1) is 32.3. The number of benzene rings is 1. The second kappa shape index (κ2) is 11.3. The molecule has 1 amide bonds. The molecule has 0 spiro atoms. The van der Waals surface area contributed by atoms with Crippen molar-refractivity contribution in [2.24, 2.45) is 10.9 Å². The van der Waals surface area contributed by atoms with Crippen molar-refractivity contribution in [2.45, 2.75) is 82.4 Å². The SMILES string of the molecule is C[C@@H]1[C@@](C)(S(C)(=O)=O)SC(N(COCC[Si](C)(C)C)C(=O)OC(C)(C)C)=N[C@]1(C)c1cc(Br)ccc1F. The molecule has 1 aliphatic heterocycles. The van der Waals surface area contributed by atoms with Crippen molar-refractivity contribution < 1.29 is 27.1 Å². The molecule has 0 N–H and O–H groups in total. The Kier molecular flexibility index (Phi) is 9.82. The third-order valence-corrected chi connectivity index (χ3v) is 13.0. The standard InChI is InChI=1S/C25H40BrFN2O5S2Si/c1-17-24(5,19-15-18(26)11-12-20(19)27)28-21(35-25(17,6)36(7,31)32)29(22(30)34-23(2,3)4)16-33-13-14-37(8,9)10/h11-12,15,17H,13-14,16H2,1-10H3/t17-,24-,25+/m0/s1. The van der Waals surface area contributed by atoms with E-state index in [4.69, 9.17) is 14.5 Å².